The van der Waals surface area contributed by atoms with Gasteiger partial charge in [-0.3, -0.25) is 0 Å². The summed E-state index contributed by atoms with van der Waals surface area (Å²) in [7, 11) is 3.83. The molecular formula is C11H18N4O. The number of nitrogens with one attached hydrogen (secondary N) is 1. The highest BCUT2D eigenvalue weighted by atomic mass is 16.5. The molecule has 5 heteroatoms. The minimum absolute atomic E-state index is 0.609. The summed E-state index contributed by atoms with van der Waals surface area (Å²) < 4.78 is 5.66. The molecule has 0 aromatic carbocycles. The van der Waals surface area contributed by atoms with Crippen molar-refractivity contribution in [2.75, 3.05) is 38.7 Å². The summed E-state index contributed by atoms with van der Waals surface area (Å²) in [5.41, 5.74) is 0. The largest absolute Gasteiger partial charge is 0.477 e. The van der Waals surface area contributed by atoms with Crippen LogP contribution in [0.25, 0.3) is 0 Å². The molecule has 1 aromatic heterocycles. The Morgan fingerprint density at radius 3 is 3.12 bits per heavy atom. The van der Waals surface area contributed by atoms with E-state index in [9.17, 15) is 0 Å². The predicted molar refractivity (Wildman–Crippen MR) is 62.8 cm³/mol. The second-order valence-corrected chi connectivity index (χ2v) is 4.26. The molecule has 2 rings (SSSR count). The Balaban J connectivity index is 1.90. The zero-order valence-corrected chi connectivity index (χ0v) is 9.81. The van der Waals surface area contributed by atoms with Crippen molar-refractivity contribution in [3.63, 3.8) is 0 Å². The van der Waals surface area contributed by atoms with Crippen LogP contribution in [0.4, 0.5) is 5.95 Å². The fraction of sp³-hybridized carbons (Fsp3) is 0.636. The molecule has 5 nitrogen and oxygen atoms in total. The maximum Gasteiger partial charge on any atom is 0.228 e. The van der Waals surface area contributed by atoms with Gasteiger partial charge < -0.3 is 15.0 Å². The van der Waals surface area contributed by atoms with Gasteiger partial charge in [-0.25, -0.2) is 4.98 Å². The molecule has 0 bridgehead atoms. The van der Waals surface area contributed by atoms with Crippen molar-refractivity contribution in [3.8, 4) is 5.88 Å². The van der Waals surface area contributed by atoms with Crippen LogP contribution >= 0.6 is 0 Å². The van der Waals surface area contributed by atoms with Crippen LogP contribution in [-0.2, 0) is 0 Å². The third-order valence-electron chi connectivity index (χ3n) is 2.65. The Kier molecular flexibility index (Phi) is 3.56. The summed E-state index contributed by atoms with van der Waals surface area (Å²) in [4.78, 5) is 10.3. The molecule has 0 radical (unpaired) electrons. The van der Waals surface area contributed by atoms with E-state index in [4.69, 9.17) is 4.74 Å². The van der Waals surface area contributed by atoms with Crippen LogP contribution in [0, 0.1) is 5.92 Å². The smallest absolute Gasteiger partial charge is 0.228 e. The van der Waals surface area contributed by atoms with Gasteiger partial charge in [-0.05, 0) is 13.0 Å². The molecule has 1 aliphatic heterocycles. The number of ether oxygens (including phenoxy) is 1. The van der Waals surface area contributed by atoms with Crippen molar-refractivity contribution in [2.45, 2.75) is 6.42 Å². The maximum atomic E-state index is 5.66. The van der Waals surface area contributed by atoms with Crippen molar-refractivity contribution >= 4 is 5.95 Å². The average molecular weight is 222 g/mol. The van der Waals surface area contributed by atoms with Crippen molar-refractivity contribution in [1.29, 1.82) is 0 Å². The highest BCUT2D eigenvalue weighted by molar-refractivity contribution is 5.29. The highest BCUT2D eigenvalue weighted by Gasteiger charge is 2.15. The lowest BCUT2D eigenvalue weighted by molar-refractivity contribution is 0.251. The molecule has 0 aliphatic carbocycles. The quantitative estimate of drug-likeness (QED) is 0.805. The minimum atomic E-state index is 0.609. The molecule has 0 amide bonds. The van der Waals surface area contributed by atoms with Gasteiger partial charge >= 0.3 is 0 Å². The van der Waals surface area contributed by atoms with E-state index in [1.54, 1.807) is 12.3 Å². The monoisotopic (exact) mass is 222 g/mol. The molecule has 1 aliphatic rings. The van der Waals surface area contributed by atoms with Crippen LogP contribution < -0.4 is 15.0 Å². The van der Waals surface area contributed by atoms with E-state index < -0.39 is 0 Å². The summed E-state index contributed by atoms with van der Waals surface area (Å²) in [6.45, 7) is 2.88. The predicted octanol–water partition coefficient (Wildman–Crippen LogP) is 0.531. The van der Waals surface area contributed by atoms with Gasteiger partial charge in [0.2, 0.25) is 11.8 Å². The van der Waals surface area contributed by atoms with Gasteiger partial charge in [0.15, 0.2) is 0 Å². The molecule has 1 fully saturated rings. The molecule has 16 heavy (non-hydrogen) atoms. The summed E-state index contributed by atoms with van der Waals surface area (Å²) >= 11 is 0. The van der Waals surface area contributed by atoms with E-state index >= 15 is 0 Å². The zero-order valence-electron chi connectivity index (χ0n) is 9.81. The van der Waals surface area contributed by atoms with Gasteiger partial charge in [0.05, 0.1) is 6.61 Å². The first-order valence-electron chi connectivity index (χ1n) is 5.59. The van der Waals surface area contributed by atoms with Crippen molar-refractivity contribution < 1.29 is 4.74 Å². The van der Waals surface area contributed by atoms with E-state index in [-0.39, 0.29) is 0 Å². The summed E-state index contributed by atoms with van der Waals surface area (Å²) in [5, 5.41) is 3.32. The van der Waals surface area contributed by atoms with E-state index in [0.717, 1.165) is 19.7 Å². The molecule has 2 heterocycles. The first-order valence-corrected chi connectivity index (χ1v) is 5.59. The van der Waals surface area contributed by atoms with Crippen LogP contribution in [0.5, 0.6) is 5.88 Å². The lowest BCUT2D eigenvalue weighted by atomic mass is 10.1. The molecule has 1 saturated heterocycles. The van der Waals surface area contributed by atoms with Crippen molar-refractivity contribution in [1.82, 2.24) is 15.3 Å². The van der Waals surface area contributed by atoms with Crippen LogP contribution in [0.2, 0.25) is 0 Å². The van der Waals surface area contributed by atoms with Crippen LogP contribution in [0.15, 0.2) is 12.3 Å². The number of anilines is 1. The van der Waals surface area contributed by atoms with Crippen molar-refractivity contribution in [3.05, 3.63) is 12.3 Å². The summed E-state index contributed by atoms with van der Waals surface area (Å²) in [5.74, 6) is 1.95. The van der Waals surface area contributed by atoms with Gasteiger partial charge in [0.25, 0.3) is 0 Å². The molecule has 0 saturated carbocycles. The number of rotatable bonds is 4. The Hall–Kier alpha value is -1.36. The normalized spacial score (nSPS) is 19.8. The molecule has 1 aromatic rings. The highest BCUT2D eigenvalue weighted by Crippen LogP contribution is 2.13. The number of nitrogens with zero attached hydrogens (tertiary/aromatic N) is 3. The van der Waals surface area contributed by atoms with Crippen LogP contribution in [0.3, 0.4) is 0 Å². The second-order valence-electron chi connectivity index (χ2n) is 4.26. The number of hydrogen-bond acceptors (Lipinski definition) is 5. The van der Waals surface area contributed by atoms with Gasteiger partial charge in [-0.1, -0.05) is 0 Å². The first kappa shape index (κ1) is 11.1. The number of aromatic nitrogens is 2. The average Bonchev–Trinajstić information content (AvgIpc) is 2.79. The molecule has 1 N–H and O–H groups in total. The van der Waals surface area contributed by atoms with Crippen molar-refractivity contribution in [2.24, 2.45) is 5.92 Å². The van der Waals surface area contributed by atoms with E-state index in [2.05, 4.69) is 15.3 Å². The molecule has 1 atom stereocenters. The van der Waals surface area contributed by atoms with Gasteiger partial charge in [-0.2, -0.15) is 4.98 Å². The van der Waals surface area contributed by atoms with Crippen LogP contribution in [0.1, 0.15) is 6.42 Å². The second kappa shape index (κ2) is 5.12. The van der Waals surface area contributed by atoms with E-state index in [1.807, 2.05) is 19.0 Å². The summed E-state index contributed by atoms with van der Waals surface area (Å²) in [6.07, 6.45) is 2.91. The number of hydrogen-bond donors (Lipinski definition) is 1. The first-order chi connectivity index (χ1) is 7.75. The maximum absolute atomic E-state index is 5.66. The third-order valence-corrected chi connectivity index (χ3v) is 2.65. The van der Waals surface area contributed by atoms with E-state index in [0.29, 0.717) is 17.7 Å². The molecular weight excluding hydrogens is 204 g/mol. The van der Waals surface area contributed by atoms with Crippen LogP contribution in [-0.4, -0.2) is 43.8 Å². The topological polar surface area (TPSA) is 50.3 Å². The molecule has 0 spiro atoms. The Morgan fingerprint density at radius 2 is 2.44 bits per heavy atom. The minimum Gasteiger partial charge on any atom is -0.477 e. The lowest BCUT2D eigenvalue weighted by Gasteiger charge is -2.13. The zero-order chi connectivity index (χ0) is 11.4. The molecule has 1 unspecified atom stereocenters. The lowest BCUT2D eigenvalue weighted by Crippen LogP contribution is -2.17. The fourth-order valence-corrected chi connectivity index (χ4v) is 1.69. The SMILES string of the molecule is CN(C)c1nccc(OCC2CCNC2)n1. The Labute approximate surface area is 95.8 Å². The van der Waals surface area contributed by atoms with Gasteiger partial charge in [0, 0.05) is 38.8 Å². The fourth-order valence-electron chi connectivity index (χ4n) is 1.69. The Morgan fingerprint density at radius 1 is 1.56 bits per heavy atom. The standard InChI is InChI=1S/C11H18N4O/c1-15(2)11-13-6-4-10(14-11)16-8-9-3-5-12-7-9/h4,6,9,12H,3,5,7-8H2,1-2H3. The molecule has 88 valence electrons. The Bertz CT molecular complexity index is 337. The summed E-state index contributed by atoms with van der Waals surface area (Å²) in [6, 6.07) is 1.80. The van der Waals surface area contributed by atoms with Gasteiger partial charge in [-0.15, -0.1) is 0 Å². The van der Waals surface area contributed by atoms with E-state index in [1.165, 1.54) is 6.42 Å². The van der Waals surface area contributed by atoms with Gasteiger partial charge in [0.1, 0.15) is 0 Å². The third kappa shape index (κ3) is 2.82.